The number of hydrogen-bond donors (Lipinski definition) is 4. The summed E-state index contributed by atoms with van der Waals surface area (Å²) in [5.74, 6) is -2.01. The number of cyclic esters (lactones) is 1. The molecule has 4 N–H and O–H groups in total. The Balaban J connectivity index is 1.20. The highest BCUT2D eigenvalue weighted by Crippen LogP contribution is 2.42. The number of likely N-dealkylation sites (N-methyl/N-ethyl adjacent to an activating group) is 1. The predicted molar refractivity (Wildman–Crippen MR) is 259 cm³/mol. The van der Waals surface area contributed by atoms with Gasteiger partial charge in [0.25, 0.3) is 11.8 Å². The number of pyridine rings is 1. The summed E-state index contributed by atoms with van der Waals surface area (Å²) >= 11 is 0. The van der Waals surface area contributed by atoms with Crippen molar-refractivity contribution in [1.82, 2.24) is 35.1 Å². The maximum atomic E-state index is 14.8. The van der Waals surface area contributed by atoms with E-state index in [4.69, 9.17) is 14.5 Å². The van der Waals surface area contributed by atoms with Crippen LogP contribution in [-0.4, -0.2) is 129 Å². The molecule has 3 amide bonds. The van der Waals surface area contributed by atoms with E-state index in [0.717, 1.165) is 44.5 Å². The zero-order chi connectivity index (χ0) is 48.8. The smallest absolute Gasteiger partial charge is 0.324 e. The third-order valence-electron chi connectivity index (χ3n) is 14.0. The van der Waals surface area contributed by atoms with Gasteiger partial charge in [-0.05, 0) is 111 Å². The van der Waals surface area contributed by atoms with Crippen LogP contribution in [0.25, 0.3) is 33.3 Å². The van der Waals surface area contributed by atoms with E-state index < -0.39 is 47.4 Å². The highest BCUT2D eigenvalue weighted by Gasteiger charge is 2.40. The summed E-state index contributed by atoms with van der Waals surface area (Å²) in [6, 6.07) is 12.2. The van der Waals surface area contributed by atoms with Gasteiger partial charge in [0.2, 0.25) is 5.91 Å². The van der Waals surface area contributed by atoms with Crippen molar-refractivity contribution in [2.24, 2.45) is 16.3 Å². The number of nitrogens with zero attached hydrogens (tertiary/aromatic N) is 6. The summed E-state index contributed by atoms with van der Waals surface area (Å²) in [5, 5.41) is 28.5. The quantitative estimate of drug-likeness (QED) is 0.104. The number of esters is 1. The summed E-state index contributed by atoms with van der Waals surface area (Å²) < 4.78 is 14.2. The van der Waals surface area contributed by atoms with Crippen LogP contribution < -0.4 is 10.7 Å². The van der Waals surface area contributed by atoms with Gasteiger partial charge in [-0.1, -0.05) is 39.8 Å². The monoisotopic (exact) mass is 931 g/mol. The van der Waals surface area contributed by atoms with E-state index in [9.17, 15) is 29.4 Å². The molecule has 0 saturated carbocycles. The Kier molecular flexibility index (Phi) is 13.7. The van der Waals surface area contributed by atoms with Gasteiger partial charge in [-0.15, -0.1) is 0 Å². The Hall–Kier alpha value is -6.26. The number of hydrogen-bond acceptors (Lipinski definition) is 12. The van der Waals surface area contributed by atoms with Crippen LogP contribution >= 0.6 is 0 Å². The number of carbonyl (C=O) groups is 4. The van der Waals surface area contributed by atoms with Crippen molar-refractivity contribution >= 4 is 40.3 Å². The molecule has 2 fully saturated rings. The van der Waals surface area contributed by atoms with Crippen LogP contribution in [0.1, 0.15) is 90.7 Å². The van der Waals surface area contributed by atoms with Crippen molar-refractivity contribution in [3.63, 3.8) is 0 Å². The molecule has 2 aromatic heterocycles. The molecule has 5 atom stereocenters. The minimum Gasteiger partial charge on any atom is -0.508 e. The molecule has 0 radical (unpaired) electrons. The van der Waals surface area contributed by atoms with E-state index in [1.165, 1.54) is 9.91 Å². The third kappa shape index (κ3) is 9.57. The molecule has 362 valence electrons. The summed E-state index contributed by atoms with van der Waals surface area (Å²) in [7, 11) is 3.31. The fraction of sp³-hybridized carbons (Fsp3) is 0.500. The molecule has 4 aliphatic heterocycles. The highest BCUT2D eigenvalue weighted by atomic mass is 16.5. The molecule has 4 aliphatic rings. The van der Waals surface area contributed by atoms with Crippen LogP contribution in [-0.2, 0) is 48.0 Å². The topological polar surface area (TPSA) is 191 Å². The van der Waals surface area contributed by atoms with Crippen molar-refractivity contribution < 1.29 is 38.9 Å². The first-order valence-electron chi connectivity index (χ1n) is 23.9. The van der Waals surface area contributed by atoms with E-state index in [1.54, 1.807) is 37.4 Å². The molecule has 2 aromatic carbocycles. The Morgan fingerprint density at radius 2 is 1.85 bits per heavy atom. The van der Waals surface area contributed by atoms with Gasteiger partial charge in [-0.2, -0.15) is 0 Å². The number of hydrazine groups is 1. The van der Waals surface area contributed by atoms with Crippen molar-refractivity contribution in [3.8, 4) is 28.1 Å². The van der Waals surface area contributed by atoms with Crippen LogP contribution in [0.15, 0.2) is 71.2 Å². The number of aromatic hydroxyl groups is 1. The van der Waals surface area contributed by atoms with E-state index in [2.05, 4.69) is 59.3 Å². The third-order valence-corrected chi connectivity index (χ3v) is 14.0. The number of amides is 3. The number of aliphatic hydroxyl groups is 1. The molecule has 16 nitrogen and oxygen atoms in total. The second-order valence-electron chi connectivity index (χ2n) is 19.9. The van der Waals surface area contributed by atoms with E-state index in [1.807, 2.05) is 45.9 Å². The van der Waals surface area contributed by atoms with Crippen LogP contribution in [0.4, 0.5) is 0 Å². The zero-order valence-electron chi connectivity index (χ0n) is 40.8. The normalized spacial score (nSPS) is 22.3. The summed E-state index contributed by atoms with van der Waals surface area (Å²) in [6.07, 6.45) is 3.42. The number of rotatable bonds is 10. The van der Waals surface area contributed by atoms with Crippen molar-refractivity contribution in [1.29, 1.82) is 0 Å². The number of aromatic nitrogens is 2. The second-order valence-corrected chi connectivity index (χ2v) is 19.9. The Labute approximate surface area is 398 Å². The van der Waals surface area contributed by atoms with Crippen LogP contribution in [0.2, 0.25) is 0 Å². The molecule has 6 bridgehead atoms. The van der Waals surface area contributed by atoms with Gasteiger partial charge in [-0.25, -0.2) is 5.43 Å². The van der Waals surface area contributed by atoms with Gasteiger partial charge >= 0.3 is 5.97 Å². The fourth-order valence-corrected chi connectivity index (χ4v) is 10.4. The van der Waals surface area contributed by atoms with E-state index in [0.29, 0.717) is 62.2 Å². The van der Waals surface area contributed by atoms with Crippen molar-refractivity contribution in [3.05, 3.63) is 83.0 Å². The standard InChI is InChI=1S/C52H66N8O8/c1-10-58-43-16-15-33-25-38(43)39(46(58)37-13-11-18-53-44(37)31(5)67-9)26-52(6,7)28-68-51(66)40-14-12-19-60(56-40)50(65)41(23-32-21-34(33)24-35(61)22-32)55-47(62)45(29(2)3)57(8)48(63)36-17-20-59(30(36)4)49(64)42-27-54-42/h11,13,15-16,18,21-22,24-25,29-31,40-41,45,56,61,63H,10,12,14,17,19-20,23,26-28H2,1-9H3,(H,55,62)/b48-36+/t30-,31+,40+,41+,45+/m1/s1. The lowest BCUT2D eigenvalue weighted by Crippen LogP contribution is -2.62. The lowest BCUT2D eigenvalue weighted by Gasteiger charge is -2.37. The van der Waals surface area contributed by atoms with Crippen molar-refractivity contribution in [2.75, 3.05) is 40.4 Å². The first kappa shape index (κ1) is 48.2. The summed E-state index contributed by atoms with van der Waals surface area (Å²) in [5.41, 5.74) is 10.7. The molecule has 0 spiro atoms. The minimum absolute atomic E-state index is 0.00162. The number of aliphatic imine (C=N–C) groups is 1. The molecule has 8 rings (SSSR count). The number of fused-ring (bicyclic) bond motifs is 6. The average molecular weight is 931 g/mol. The lowest BCUT2D eigenvalue weighted by molar-refractivity contribution is -0.155. The van der Waals surface area contributed by atoms with E-state index in [-0.39, 0.29) is 49.1 Å². The molecular weight excluding hydrogens is 865 g/mol. The molecule has 16 heteroatoms. The molecule has 4 aromatic rings. The number of nitrogens with one attached hydrogen (secondary N) is 2. The average Bonchev–Trinajstić information content (AvgIpc) is 4.04. The molecule has 0 aliphatic carbocycles. The SMILES string of the molecule is CCn1c(-c2cccnc2[C@H](C)OC)c2c3cc(ccc31)-c1cc(O)cc(c1)C[C@H](NC(=O)[C@H](C(C)C)N(C)/C(O)=C1/CCN(C(=O)C3=NC3)[C@@H]1C)C(=O)N1CCC[C@H](N1)C(=O)OCC(C)(C)C2. The number of carbonyl (C=O) groups excluding carboxylic acids is 4. The molecule has 6 heterocycles. The fourth-order valence-electron chi connectivity index (χ4n) is 10.4. The number of phenolic OH excluding ortho intramolecular Hbond substituents is 1. The first-order valence-corrected chi connectivity index (χ1v) is 23.9. The number of phenols is 1. The first-order chi connectivity index (χ1) is 32.4. The van der Waals surface area contributed by atoms with Crippen LogP contribution in [0.5, 0.6) is 5.75 Å². The number of aryl methyl sites for hydroxylation is 1. The predicted octanol–water partition coefficient (Wildman–Crippen LogP) is 6.25. The molecule has 0 unspecified atom stereocenters. The maximum Gasteiger partial charge on any atom is 0.324 e. The zero-order valence-corrected chi connectivity index (χ0v) is 40.8. The van der Waals surface area contributed by atoms with Gasteiger partial charge < -0.3 is 39.4 Å². The summed E-state index contributed by atoms with van der Waals surface area (Å²) in [4.78, 5) is 68.4. The second kappa shape index (κ2) is 19.4. The van der Waals surface area contributed by atoms with Gasteiger partial charge in [0.05, 0.1) is 36.7 Å². The Morgan fingerprint density at radius 1 is 1.09 bits per heavy atom. The minimum atomic E-state index is -1.15. The van der Waals surface area contributed by atoms with Crippen LogP contribution in [0.3, 0.4) is 0 Å². The van der Waals surface area contributed by atoms with Gasteiger partial charge in [0, 0.05) is 73.9 Å². The Bertz CT molecular complexity index is 2690. The van der Waals surface area contributed by atoms with Crippen molar-refractivity contribution in [2.45, 2.75) is 117 Å². The van der Waals surface area contributed by atoms with Gasteiger partial charge in [0.1, 0.15) is 29.6 Å². The molecule has 2 saturated heterocycles. The molecule has 68 heavy (non-hydrogen) atoms. The largest absolute Gasteiger partial charge is 0.508 e. The number of ether oxygens (including phenoxy) is 2. The Morgan fingerprint density at radius 3 is 2.56 bits per heavy atom. The lowest BCUT2D eigenvalue weighted by atomic mass is 9.84. The highest BCUT2D eigenvalue weighted by molar-refractivity contribution is 6.44. The summed E-state index contributed by atoms with van der Waals surface area (Å²) in [6.45, 7) is 15.7. The van der Waals surface area contributed by atoms with Gasteiger partial charge in [-0.3, -0.25) is 34.2 Å². The maximum absolute atomic E-state index is 14.8. The number of benzene rings is 2. The number of likely N-dealkylation sites (tertiary alicyclic amines) is 1. The van der Waals surface area contributed by atoms with E-state index >= 15 is 0 Å². The molecular formula is C52H66N8O8. The number of methoxy groups -OCH3 is 1. The number of aliphatic hydroxyl groups excluding tert-OH is 1. The van der Waals surface area contributed by atoms with Crippen LogP contribution in [0, 0.1) is 11.3 Å². The van der Waals surface area contributed by atoms with Gasteiger partial charge in [0.15, 0.2) is 5.88 Å².